The van der Waals surface area contributed by atoms with E-state index < -0.39 is 0 Å². The SMILES string of the molecule is CCc1ccccc1NC(=O)COc1c(C)cc(Br)cc1C. The standard InChI is InChI=1S/C18H20BrNO2/c1-4-14-7-5-6-8-16(14)20-17(21)11-22-18-12(2)9-15(19)10-13(18)3/h5-10H,4,11H2,1-3H3,(H,20,21). The molecule has 0 heterocycles. The lowest BCUT2D eigenvalue weighted by Crippen LogP contribution is -2.21. The van der Waals surface area contributed by atoms with Gasteiger partial charge in [-0.15, -0.1) is 0 Å². The molecule has 1 N–H and O–H groups in total. The summed E-state index contributed by atoms with van der Waals surface area (Å²) < 4.78 is 6.71. The number of ether oxygens (including phenoxy) is 1. The molecule has 0 aliphatic carbocycles. The minimum Gasteiger partial charge on any atom is -0.483 e. The van der Waals surface area contributed by atoms with Gasteiger partial charge < -0.3 is 10.1 Å². The minimum atomic E-state index is -0.150. The van der Waals surface area contributed by atoms with E-state index in [0.29, 0.717) is 0 Å². The van der Waals surface area contributed by atoms with E-state index in [1.54, 1.807) is 0 Å². The van der Waals surface area contributed by atoms with Crippen molar-refractivity contribution in [3.63, 3.8) is 0 Å². The Labute approximate surface area is 139 Å². The molecule has 2 aromatic carbocycles. The number of hydrogen-bond acceptors (Lipinski definition) is 2. The fourth-order valence-corrected chi connectivity index (χ4v) is 3.09. The molecule has 3 nitrogen and oxygen atoms in total. The van der Waals surface area contributed by atoms with Gasteiger partial charge in [0.2, 0.25) is 0 Å². The van der Waals surface area contributed by atoms with Crippen molar-refractivity contribution in [2.24, 2.45) is 0 Å². The van der Waals surface area contributed by atoms with Gasteiger partial charge in [-0.25, -0.2) is 0 Å². The molecule has 116 valence electrons. The van der Waals surface area contributed by atoms with E-state index >= 15 is 0 Å². The molecule has 4 heteroatoms. The summed E-state index contributed by atoms with van der Waals surface area (Å²) in [6.45, 7) is 6.01. The maximum absolute atomic E-state index is 12.1. The summed E-state index contributed by atoms with van der Waals surface area (Å²) in [4.78, 5) is 12.1. The van der Waals surface area contributed by atoms with Gasteiger partial charge in [0, 0.05) is 10.2 Å². The van der Waals surface area contributed by atoms with Crippen molar-refractivity contribution in [2.45, 2.75) is 27.2 Å². The fraction of sp³-hybridized carbons (Fsp3) is 0.278. The Morgan fingerprint density at radius 3 is 2.45 bits per heavy atom. The Kier molecular flexibility index (Phi) is 5.61. The second kappa shape index (κ2) is 7.45. The minimum absolute atomic E-state index is 0.00135. The lowest BCUT2D eigenvalue weighted by atomic mass is 10.1. The third-order valence-corrected chi connectivity index (χ3v) is 3.90. The maximum atomic E-state index is 12.1. The number of hydrogen-bond donors (Lipinski definition) is 1. The van der Waals surface area contributed by atoms with Crippen LogP contribution in [-0.4, -0.2) is 12.5 Å². The van der Waals surface area contributed by atoms with Crippen LogP contribution in [0.5, 0.6) is 5.75 Å². The summed E-state index contributed by atoms with van der Waals surface area (Å²) in [5, 5.41) is 2.91. The molecule has 0 fully saturated rings. The molecular formula is C18H20BrNO2. The van der Waals surface area contributed by atoms with Crippen molar-refractivity contribution in [1.29, 1.82) is 0 Å². The normalized spacial score (nSPS) is 10.4. The summed E-state index contributed by atoms with van der Waals surface area (Å²) >= 11 is 3.45. The Bertz CT molecular complexity index is 660. The monoisotopic (exact) mass is 361 g/mol. The molecule has 0 aliphatic heterocycles. The molecule has 0 spiro atoms. The number of benzene rings is 2. The van der Waals surface area contributed by atoms with Crippen LogP contribution >= 0.6 is 15.9 Å². The quantitative estimate of drug-likeness (QED) is 0.841. The molecule has 0 unspecified atom stereocenters. The fourth-order valence-electron chi connectivity index (χ4n) is 2.40. The molecule has 0 atom stereocenters. The lowest BCUT2D eigenvalue weighted by molar-refractivity contribution is -0.118. The van der Waals surface area contributed by atoms with Crippen molar-refractivity contribution < 1.29 is 9.53 Å². The van der Waals surface area contributed by atoms with E-state index in [2.05, 4.69) is 28.2 Å². The summed E-state index contributed by atoms with van der Waals surface area (Å²) in [5.41, 5.74) is 3.98. The first-order valence-electron chi connectivity index (χ1n) is 7.28. The molecule has 0 aromatic heterocycles. The van der Waals surface area contributed by atoms with Crippen molar-refractivity contribution in [2.75, 3.05) is 11.9 Å². The number of halogens is 1. The highest BCUT2D eigenvalue weighted by molar-refractivity contribution is 9.10. The van der Waals surface area contributed by atoms with Crippen LogP contribution in [0.2, 0.25) is 0 Å². The van der Waals surface area contributed by atoms with Crippen LogP contribution in [-0.2, 0) is 11.2 Å². The number of carbonyl (C=O) groups excluding carboxylic acids is 1. The third-order valence-electron chi connectivity index (χ3n) is 3.45. The van der Waals surface area contributed by atoms with Gasteiger partial charge in [-0.05, 0) is 55.2 Å². The molecular weight excluding hydrogens is 342 g/mol. The van der Waals surface area contributed by atoms with Gasteiger partial charge >= 0.3 is 0 Å². The van der Waals surface area contributed by atoms with E-state index in [1.165, 1.54) is 0 Å². The maximum Gasteiger partial charge on any atom is 0.262 e. The number of carbonyl (C=O) groups is 1. The summed E-state index contributed by atoms with van der Waals surface area (Å²) in [5.74, 6) is 0.616. The summed E-state index contributed by atoms with van der Waals surface area (Å²) in [6, 6.07) is 11.8. The molecule has 2 aromatic rings. The first-order valence-corrected chi connectivity index (χ1v) is 8.08. The van der Waals surface area contributed by atoms with E-state index in [1.807, 2.05) is 50.2 Å². The highest BCUT2D eigenvalue weighted by Crippen LogP contribution is 2.27. The zero-order valence-electron chi connectivity index (χ0n) is 13.1. The topological polar surface area (TPSA) is 38.3 Å². The number of amides is 1. The molecule has 0 bridgehead atoms. The zero-order valence-corrected chi connectivity index (χ0v) is 14.7. The van der Waals surface area contributed by atoms with E-state index in [-0.39, 0.29) is 12.5 Å². The third kappa shape index (κ3) is 4.10. The van der Waals surface area contributed by atoms with Crippen LogP contribution in [0.3, 0.4) is 0 Å². The van der Waals surface area contributed by atoms with Gasteiger partial charge in [-0.1, -0.05) is 41.1 Å². The van der Waals surface area contributed by atoms with Gasteiger partial charge in [0.15, 0.2) is 6.61 Å². The van der Waals surface area contributed by atoms with Crippen LogP contribution in [0.25, 0.3) is 0 Å². The summed E-state index contributed by atoms with van der Waals surface area (Å²) in [7, 11) is 0. The molecule has 0 saturated carbocycles. The smallest absolute Gasteiger partial charge is 0.262 e. The number of para-hydroxylation sites is 1. The van der Waals surface area contributed by atoms with Gasteiger partial charge in [-0.2, -0.15) is 0 Å². The van der Waals surface area contributed by atoms with Crippen LogP contribution in [0.15, 0.2) is 40.9 Å². The Morgan fingerprint density at radius 1 is 1.18 bits per heavy atom. The Balaban J connectivity index is 2.02. The van der Waals surface area contributed by atoms with Crippen LogP contribution in [0, 0.1) is 13.8 Å². The van der Waals surface area contributed by atoms with Crippen molar-refractivity contribution in [1.82, 2.24) is 0 Å². The Hall–Kier alpha value is -1.81. The van der Waals surface area contributed by atoms with Gasteiger partial charge in [0.25, 0.3) is 5.91 Å². The van der Waals surface area contributed by atoms with Crippen molar-refractivity contribution in [3.8, 4) is 5.75 Å². The number of anilines is 1. The zero-order chi connectivity index (χ0) is 16.1. The van der Waals surface area contributed by atoms with Gasteiger partial charge in [-0.3, -0.25) is 4.79 Å². The second-order valence-electron chi connectivity index (χ2n) is 5.22. The molecule has 22 heavy (non-hydrogen) atoms. The average molecular weight is 362 g/mol. The molecule has 2 rings (SSSR count). The first-order chi connectivity index (χ1) is 10.5. The molecule has 1 amide bonds. The highest BCUT2D eigenvalue weighted by atomic mass is 79.9. The van der Waals surface area contributed by atoms with Gasteiger partial charge in [0.05, 0.1) is 0 Å². The first kappa shape index (κ1) is 16.6. The highest BCUT2D eigenvalue weighted by Gasteiger charge is 2.10. The van der Waals surface area contributed by atoms with E-state index in [0.717, 1.165) is 39.0 Å². The average Bonchev–Trinajstić information content (AvgIpc) is 2.46. The van der Waals surface area contributed by atoms with Crippen molar-refractivity contribution in [3.05, 3.63) is 57.6 Å². The Morgan fingerprint density at radius 2 is 1.82 bits per heavy atom. The van der Waals surface area contributed by atoms with Crippen molar-refractivity contribution >= 4 is 27.5 Å². The number of nitrogens with one attached hydrogen (secondary N) is 1. The molecule has 0 aliphatic rings. The van der Waals surface area contributed by atoms with Crippen LogP contribution in [0.4, 0.5) is 5.69 Å². The predicted octanol–water partition coefficient (Wildman–Crippen LogP) is 4.65. The molecule has 0 saturated heterocycles. The molecule has 0 radical (unpaired) electrons. The summed E-state index contributed by atoms with van der Waals surface area (Å²) in [6.07, 6.45) is 0.877. The number of aryl methyl sites for hydroxylation is 3. The van der Waals surface area contributed by atoms with E-state index in [4.69, 9.17) is 4.74 Å². The second-order valence-corrected chi connectivity index (χ2v) is 6.13. The largest absolute Gasteiger partial charge is 0.483 e. The van der Waals surface area contributed by atoms with Crippen LogP contribution < -0.4 is 10.1 Å². The van der Waals surface area contributed by atoms with Gasteiger partial charge in [0.1, 0.15) is 5.75 Å². The number of rotatable bonds is 5. The van der Waals surface area contributed by atoms with Crippen LogP contribution in [0.1, 0.15) is 23.6 Å². The predicted molar refractivity (Wildman–Crippen MR) is 93.6 cm³/mol. The lowest BCUT2D eigenvalue weighted by Gasteiger charge is -2.14. The van der Waals surface area contributed by atoms with E-state index in [9.17, 15) is 4.79 Å².